The van der Waals surface area contributed by atoms with Gasteiger partial charge in [-0.05, 0) is 86.6 Å². The smallest absolute Gasteiger partial charge is 0.404 e. The summed E-state index contributed by atoms with van der Waals surface area (Å²) in [4.78, 5) is 19.6. The molecule has 5 heteroatoms. The lowest BCUT2D eigenvalue weighted by Crippen LogP contribution is -2.13. The molecule has 4 nitrogen and oxygen atoms in total. The van der Waals surface area contributed by atoms with Crippen LogP contribution in [-0.4, -0.2) is 11.9 Å². The Labute approximate surface area is 186 Å². The maximum absolute atomic E-state index is 13.2. The number of rotatable bonds is 6. The summed E-state index contributed by atoms with van der Waals surface area (Å²) in [5.74, 6) is 2.44. The van der Waals surface area contributed by atoms with Crippen LogP contribution in [0.5, 0.6) is 0 Å². The Balaban J connectivity index is 0.000000278. The molecule has 0 spiro atoms. The third kappa shape index (κ3) is 11.9. The average Bonchev–Trinajstić information content (AvgIpc) is 3.55. The predicted molar refractivity (Wildman–Crippen MR) is 123 cm³/mol. The van der Waals surface area contributed by atoms with Crippen molar-refractivity contribution in [2.75, 3.05) is 0 Å². The summed E-state index contributed by atoms with van der Waals surface area (Å²) in [6.45, 7) is 10.0. The number of benzene rings is 2. The number of ether oxygens (including phenoxy) is 1. The molecule has 2 aromatic rings. The van der Waals surface area contributed by atoms with Crippen molar-refractivity contribution >= 4 is 11.9 Å². The second kappa shape index (κ2) is 13.6. The molecule has 1 aliphatic carbocycles. The monoisotopic (exact) mass is 429 g/mol. The molecule has 31 heavy (non-hydrogen) atoms. The molecule has 0 aromatic heterocycles. The van der Waals surface area contributed by atoms with Crippen LogP contribution < -0.4 is 5.73 Å². The second-order valence-corrected chi connectivity index (χ2v) is 8.45. The summed E-state index contributed by atoms with van der Waals surface area (Å²) in [6, 6.07) is 14.5. The Morgan fingerprint density at radius 2 is 1.68 bits per heavy atom. The molecule has 2 aromatic carbocycles. The first kappa shape index (κ1) is 26.3. The zero-order valence-corrected chi connectivity index (χ0v) is 19.4. The van der Waals surface area contributed by atoms with Gasteiger partial charge in [-0.15, -0.1) is 0 Å². The van der Waals surface area contributed by atoms with E-state index < -0.39 is 6.09 Å². The van der Waals surface area contributed by atoms with E-state index in [0.717, 1.165) is 23.8 Å². The molecule has 2 N–H and O–H groups in total. The normalized spacial score (nSPS) is 14.1. The van der Waals surface area contributed by atoms with E-state index in [1.165, 1.54) is 37.8 Å². The van der Waals surface area contributed by atoms with Gasteiger partial charge in [-0.1, -0.05) is 50.2 Å². The summed E-state index contributed by atoms with van der Waals surface area (Å²) in [5, 5.41) is 0. The molecule has 0 unspecified atom stereocenters. The topological polar surface area (TPSA) is 69.4 Å². The number of primary amides is 1. The summed E-state index contributed by atoms with van der Waals surface area (Å²) < 4.78 is 17.7. The molecular weight excluding hydrogens is 393 g/mol. The Bertz CT molecular complexity index is 815. The number of ketones is 1. The fourth-order valence-corrected chi connectivity index (χ4v) is 3.21. The molecule has 1 fully saturated rings. The zero-order chi connectivity index (χ0) is 23.4. The third-order valence-corrected chi connectivity index (χ3v) is 5.34. The van der Waals surface area contributed by atoms with Crippen LogP contribution >= 0.6 is 0 Å². The number of amides is 1. The minimum absolute atomic E-state index is 0.105. The molecular formula is C26H36FNO3. The first-order valence-corrected chi connectivity index (χ1v) is 10.8. The molecule has 170 valence electrons. The van der Waals surface area contributed by atoms with Crippen molar-refractivity contribution in [2.45, 2.75) is 60.5 Å². The largest absolute Gasteiger partial charge is 0.445 e. The Hall–Kier alpha value is -2.69. The highest BCUT2D eigenvalue weighted by atomic mass is 19.1. The van der Waals surface area contributed by atoms with E-state index in [1.807, 2.05) is 36.4 Å². The van der Waals surface area contributed by atoms with Crippen molar-refractivity contribution in [1.29, 1.82) is 0 Å². The van der Waals surface area contributed by atoms with Crippen LogP contribution in [0.25, 0.3) is 0 Å². The molecule has 3 rings (SSSR count). The van der Waals surface area contributed by atoms with Gasteiger partial charge in [0.2, 0.25) is 0 Å². The van der Waals surface area contributed by atoms with Crippen LogP contribution in [0.1, 0.15) is 57.2 Å². The first-order valence-electron chi connectivity index (χ1n) is 10.8. The van der Waals surface area contributed by atoms with E-state index in [9.17, 15) is 14.0 Å². The molecule has 1 aliphatic rings. The summed E-state index contributed by atoms with van der Waals surface area (Å²) >= 11 is 0. The highest BCUT2D eigenvalue weighted by Crippen LogP contribution is 2.41. The van der Waals surface area contributed by atoms with Crippen LogP contribution in [0.15, 0.2) is 48.5 Å². The van der Waals surface area contributed by atoms with Crippen molar-refractivity contribution in [2.24, 2.45) is 23.5 Å². The van der Waals surface area contributed by atoms with E-state index in [4.69, 9.17) is 5.73 Å². The van der Waals surface area contributed by atoms with Crippen molar-refractivity contribution in [1.82, 2.24) is 0 Å². The lowest BCUT2D eigenvalue weighted by Gasteiger charge is -2.20. The fraction of sp³-hybridized carbons (Fsp3) is 0.462. The van der Waals surface area contributed by atoms with Gasteiger partial charge in [-0.25, -0.2) is 9.18 Å². The molecule has 0 saturated heterocycles. The van der Waals surface area contributed by atoms with E-state index in [0.29, 0.717) is 5.92 Å². The molecule has 2 atom stereocenters. The Kier molecular flexibility index (Phi) is 11.5. The van der Waals surface area contributed by atoms with E-state index >= 15 is 0 Å². The minimum atomic E-state index is -0.742. The van der Waals surface area contributed by atoms with Crippen molar-refractivity contribution in [3.05, 3.63) is 71.0 Å². The fourth-order valence-electron chi connectivity index (χ4n) is 3.21. The summed E-state index contributed by atoms with van der Waals surface area (Å²) in [5.41, 5.74) is 8.11. The van der Waals surface area contributed by atoms with E-state index in [-0.39, 0.29) is 18.2 Å². The standard InChI is InChI=1S/C15H21F.C8H9NO2.C3H6O/c1-10-4-7-15(16)9-14(10)8-11(2)12(3)13-5-6-13;9-8(10)11-6-7-4-2-1-3-5-7;1-3(2)4/h4,7,9,11-13H,5-6,8H2,1-3H3;1-5H,6H2,(H2,9,10);1-2H3/t11-,12-;;/m1../s1. The number of carbonyl (C=O) groups excluding carboxylic acids is 2. The minimum Gasteiger partial charge on any atom is -0.445 e. The van der Waals surface area contributed by atoms with Gasteiger partial charge in [0.05, 0.1) is 0 Å². The average molecular weight is 430 g/mol. The van der Waals surface area contributed by atoms with Gasteiger partial charge in [0.25, 0.3) is 0 Å². The number of carbonyl (C=O) groups is 2. The number of halogens is 1. The van der Waals surface area contributed by atoms with Crippen molar-refractivity contribution in [3.8, 4) is 0 Å². The van der Waals surface area contributed by atoms with Crippen LogP contribution in [0.4, 0.5) is 9.18 Å². The third-order valence-electron chi connectivity index (χ3n) is 5.34. The van der Waals surface area contributed by atoms with Crippen LogP contribution in [0.3, 0.4) is 0 Å². The molecule has 0 bridgehead atoms. The predicted octanol–water partition coefficient (Wildman–Crippen LogP) is 6.24. The lowest BCUT2D eigenvalue weighted by molar-refractivity contribution is -0.115. The highest BCUT2D eigenvalue weighted by molar-refractivity contribution is 5.72. The van der Waals surface area contributed by atoms with E-state index in [2.05, 4.69) is 25.5 Å². The number of nitrogens with two attached hydrogens (primary N) is 1. The number of hydrogen-bond acceptors (Lipinski definition) is 3. The molecule has 0 radical (unpaired) electrons. The summed E-state index contributed by atoms with van der Waals surface area (Å²) in [7, 11) is 0. The highest BCUT2D eigenvalue weighted by Gasteiger charge is 2.31. The maximum atomic E-state index is 13.2. The SMILES string of the molecule is CC(C)=O.Cc1ccc(F)cc1C[C@@H](C)[C@@H](C)C1CC1.NC(=O)OCc1ccccc1. The molecule has 1 amide bonds. The van der Waals surface area contributed by atoms with Gasteiger partial charge >= 0.3 is 6.09 Å². The Morgan fingerprint density at radius 3 is 2.19 bits per heavy atom. The molecule has 0 aliphatic heterocycles. The molecule has 1 saturated carbocycles. The van der Waals surface area contributed by atoms with Crippen LogP contribution in [-0.2, 0) is 22.6 Å². The van der Waals surface area contributed by atoms with Gasteiger partial charge < -0.3 is 15.3 Å². The van der Waals surface area contributed by atoms with Gasteiger partial charge in [0.15, 0.2) is 0 Å². The second-order valence-electron chi connectivity index (χ2n) is 8.45. The number of hydrogen-bond donors (Lipinski definition) is 1. The van der Waals surface area contributed by atoms with Crippen molar-refractivity contribution < 1.29 is 18.7 Å². The van der Waals surface area contributed by atoms with E-state index in [1.54, 1.807) is 12.1 Å². The van der Waals surface area contributed by atoms with Gasteiger partial charge in [0, 0.05) is 0 Å². The quantitative estimate of drug-likeness (QED) is 0.591. The Morgan fingerprint density at radius 1 is 1.10 bits per heavy atom. The maximum Gasteiger partial charge on any atom is 0.404 e. The van der Waals surface area contributed by atoms with Crippen LogP contribution in [0.2, 0.25) is 0 Å². The zero-order valence-electron chi connectivity index (χ0n) is 19.4. The summed E-state index contributed by atoms with van der Waals surface area (Å²) in [6.07, 6.45) is 3.07. The lowest BCUT2D eigenvalue weighted by atomic mass is 9.85. The van der Waals surface area contributed by atoms with Gasteiger partial charge in [0.1, 0.15) is 18.2 Å². The molecule has 0 heterocycles. The number of Topliss-reactive ketones (excluding diaryl/α,β-unsaturated/α-hetero) is 1. The first-order chi connectivity index (χ1) is 14.6. The van der Waals surface area contributed by atoms with Crippen LogP contribution in [0, 0.1) is 30.5 Å². The number of aryl methyl sites for hydroxylation is 1. The van der Waals surface area contributed by atoms with Gasteiger partial charge in [-0.2, -0.15) is 0 Å². The van der Waals surface area contributed by atoms with Crippen molar-refractivity contribution in [3.63, 3.8) is 0 Å². The van der Waals surface area contributed by atoms with Gasteiger partial charge in [-0.3, -0.25) is 0 Å².